The van der Waals surface area contributed by atoms with Gasteiger partial charge in [-0.05, 0) is 57.7 Å². The SMILES string of the molecule is CCCN(C(=O)[C@H]1CCN[C@@H](C)C1)C1CCCN(Cc2ccccc2)C1.Cl.Cl. The second-order valence-electron chi connectivity index (χ2n) is 8.12. The molecule has 28 heavy (non-hydrogen) atoms. The van der Waals surface area contributed by atoms with Crippen molar-refractivity contribution in [2.45, 2.75) is 64.6 Å². The van der Waals surface area contributed by atoms with E-state index in [4.69, 9.17) is 0 Å². The monoisotopic (exact) mass is 429 g/mol. The highest BCUT2D eigenvalue weighted by atomic mass is 35.5. The standard InChI is InChI=1S/C22H35N3O.2ClH/c1-3-13-25(22(26)20-11-12-23-18(2)15-20)21-10-7-14-24(17-21)16-19-8-5-4-6-9-19;;/h4-6,8-9,18,20-21,23H,3,7,10-17H2,1-2H3;2*1H/t18-,20-,21?;;/m0../s1. The van der Waals surface area contributed by atoms with Gasteiger partial charge in [0.1, 0.15) is 0 Å². The zero-order valence-corrected chi connectivity index (χ0v) is 18.9. The van der Waals surface area contributed by atoms with Crippen molar-refractivity contribution in [2.75, 3.05) is 26.2 Å². The lowest BCUT2D eigenvalue weighted by molar-refractivity contribution is -0.140. The molecule has 0 spiro atoms. The molecule has 1 unspecified atom stereocenters. The van der Waals surface area contributed by atoms with E-state index in [1.165, 1.54) is 12.0 Å². The summed E-state index contributed by atoms with van der Waals surface area (Å²) in [5, 5.41) is 3.47. The Balaban J connectivity index is 0.00000196. The normalized spacial score (nSPS) is 25.3. The van der Waals surface area contributed by atoms with Gasteiger partial charge in [0.2, 0.25) is 5.91 Å². The first-order chi connectivity index (χ1) is 12.7. The van der Waals surface area contributed by atoms with Crippen LogP contribution < -0.4 is 5.32 Å². The van der Waals surface area contributed by atoms with Crippen LogP contribution in [0.2, 0.25) is 0 Å². The maximum Gasteiger partial charge on any atom is 0.226 e. The number of hydrogen-bond donors (Lipinski definition) is 1. The summed E-state index contributed by atoms with van der Waals surface area (Å²) in [4.78, 5) is 18.0. The molecule has 3 rings (SSSR count). The Labute approximate surface area is 183 Å². The molecule has 0 saturated carbocycles. The van der Waals surface area contributed by atoms with Gasteiger partial charge in [-0.15, -0.1) is 24.8 Å². The van der Waals surface area contributed by atoms with Crippen LogP contribution in [0.1, 0.15) is 51.5 Å². The number of amides is 1. The number of nitrogens with zero attached hydrogens (tertiary/aromatic N) is 2. The van der Waals surface area contributed by atoms with E-state index in [0.29, 0.717) is 18.0 Å². The molecule has 2 heterocycles. The van der Waals surface area contributed by atoms with Crippen LogP contribution in [0.4, 0.5) is 0 Å². The van der Waals surface area contributed by atoms with Crippen LogP contribution in [0.25, 0.3) is 0 Å². The van der Waals surface area contributed by atoms with Crippen molar-refractivity contribution >= 4 is 30.7 Å². The Morgan fingerprint density at radius 1 is 1.21 bits per heavy atom. The van der Waals surface area contributed by atoms with E-state index >= 15 is 0 Å². The molecule has 0 aromatic heterocycles. The first kappa shape index (κ1) is 25.2. The van der Waals surface area contributed by atoms with Gasteiger partial charge in [0, 0.05) is 37.6 Å². The summed E-state index contributed by atoms with van der Waals surface area (Å²) in [5.74, 6) is 0.620. The maximum absolute atomic E-state index is 13.3. The fourth-order valence-corrected chi connectivity index (χ4v) is 4.58. The molecule has 1 amide bonds. The molecule has 6 heteroatoms. The number of rotatable bonds is 6. The minimum atomic E-state index is 0. The zero-order chi connectivity index (χ0) is 18.4. The molecule has 2 aliphatic heterocycles. The number of likely N-dealkylation sites (tertiary alicyclic amines) is 1. The van der Waals surface area contributed by atoms with Gasteiger partial charge in [-0.25, -0.2) is 0 Å². The number of halogens is 2. The third-order valence-electron chi connectivity index (χ3n) is 5.89. The van der Waals surface area contributed by atoms with Crippen molar-refractivity contribution in [3.8, 4) is 0 Å². The van der Waals surface area contributed by atoms with Crippen LogP contribution in [0.3, 0.4) is 0 Å². The Bertz CT molecular complexity index is 572. The van der Waals surface area contributed by atoms with Crippen molar-refractivity contribution < 1.29 is 4.79 Å². The average molecular weight is 430 g/mol. The third kappa shape index (κ3) is 6.91. The summed E-state index contributed by atoms with van der Waals surface area (Å²) in [7, 11) is 0. The maximum atomic E-state index is 13.3. The largest absolute Gasteiger partial charge is 0.338 e. The molecule has 1 aromatic carbocycles. The van der Waals surface area contributed by atoms with Gasteiger partial charge in [-0.1, -0.05) is 37.3 Å². The Morgan fingerprint density at radius 3 is 2.64 bits per heavy atom. The highest BCUT2D eigenvalue weighted by molar-refractivity contribution is 5.85. The van der Waals surface area contributed by atoms with Crippen LogP contribution in [-0.2, 0) is 11.3 Å². The van der Waals surface area contributed by atoms with Gasteiger partial charge in [0.15, 0.2) is 0 Å². The number of hydrogen-bond acceptors (Lipinski definition) is 3. The van der Waals surface area contributed by atoms with Gasteiger partial charge in [0.25, 0.3) is 0 Å². The van der Waals surface area contributed by atoms with Gasteiger partial charge < -0.3 is 10.2 Å². The zero-order valence-electron chi connectivity index (χ0n) is 17.3. The summed E-state index contributed by atoms with van der Waals surface area (Å²) in [5.41, 5.74) is 1.37. The summed E-state index contributed by atoms with van der Waals surface area (Å²) in [6, 6.07) is 11.5. The van der Waals surface area contributed by atoms with Crippen LogP contribution in [-0.4, -0.2) is 54.0 Å². The molecule has 3 atom stereocenters. The van der Waals surface area contributed by atoms with Crippen molar-refractivity contribution in [3.05, 3.63) is 35.9 Å². The fourth-order valence-electron chi connectivity index (χ4n) is 4.58. The molecule has 160 valence electrons. The van der Waals surface area contributed by atoms with Crippen LogP contribution in [0, 0.1) is 5.92 Å². The minimum absolute atomic E-state index is 0. The fraction of sp³-hybridized carbons (Fsp3) is 0.682. The van der Waals surface area contributed by atoms with Crippen molar-refractivity contribution in [1.29, 1.82) is 0 Å². The molecular weight excluding hydrogens is 393 g/mol. The lowest BCUT2D eigenvalue weighted by Crippen LogP contribution is -2.53. The summed E-state index contributed by atoms with van der Waals surface area (Å²) in [6.07, 6.45) is 5.36. The number of carbonyl (C=O) groups is 1. The number of carbonyl (C=O) groups excluding carboxylic acids is 1. The summed E-state index contributed by atoms with van der Waals surface area (Å²) >= 11 is 0. The highest BCUT2D eigenvalue weighted by Gasteiger charge is 2.33. The number of nitrogens with one attached hydrogen (secondary N) is 1. The van der Waals surface area contributed by atoms with E-state index in [9.17, 15) is 4.79 Å². The van der Waals surface area contributed by atoms with Crippen LogP contribution in [0.15, 0.2) is 30.3 Å². The molecule has 4 nitrogen and oxygen atoms in total. The van der Waals surface area contributed by atoms with Gasteiger partial charge >= 0.3 is 0 Å². The lowest BCUT2D eigenvalue weighted by Gasteiger charge is -2.41. The first-order valence-electron chi connectivity index (χ1n) is 10.5. The molecule has 1 aromatic rings. The van der Waals surface area contributed by atoms with E-state index in [0.717, 1.165) is 58.4 Å². The van der Waals surface area contributed by atoms with Crippen molar-refractivity contribution in [2.24, 2.45) is 5.92 Å². The van der Waals surface area contributed by atoms with E-state index in [1.807, 2.05) is 0 Å². The minimum Gasteiger partial charge on any atom is -0.338 e. The second-order valence-corrected chi connectivity index (χ2v) is 8.12. The van der Waals surface area contributed by atoms with Crippen molar-refractivity contribution in [3.63, 3.8) is 0 Å². The van der Waals surface area contributed by atoms with E-state index in [-0.39, 0.29) is 30.7 Å². The smallest absolute Gasteiger partial charge is 0.226 e. The quantitative estimate of drug-likeness (QED) is 0.738. The van der Waals surface area contributed by atoms with Gasteiger partial charge in [-0.3, -0.25) is 9.69 Å². The predicted molar refractivity (Wildman–Crippen MR) is 121 cm³/mol. The Kier molecular flexibility index (Phi) is 11.4. The van der Waals surface area contributed by atoms with E-state index < -0.39 is 0 Å². The Morgan fingerprint density at radius 2 is 1.96 bits per heavy atom. The molecule has 2 fully saturated rings. The number of piperidine rings is 2. The van der Waals surface area contributed by atoms with Crippen molar-refractivity contribution in [1.82, 2.24) is 15.1 Å². The third-order valence-corrected chi connectivity index (χ3v) is 5.89. The highest BCUT2D eigenvalue weighted by Crippen LogP contribution is 2.24. The average Bonchev–Trinajstić information content (AvgIpc) is 2.66. The topological polar surface area (TPSA) is 35.6 Å². The molecule has 0 bridgehead atoms. The van der Waals surface area contributed by atoms with E-state index in [2.05, 4.69) is 59.3 Å². The van der Waals surface area contributed by atoms with Crippen LogP contribution in [0.5, 0.6) is 0 Å². The molecule has 2 saturated heterocycles. The molecule has 1 N–H and O–H groups in total. The molecular formula is C22H37Cl2N3O. The van der Waals surface area contributed by atoms with Gasteiger partial charge in [0.05, 0.1) is 0 Å². The molecule has 2 aliphatic rings. The summed E-state index contributed by atoms with van der Waals surface area (Å²) in [6.45, 7) is 9.42. The number of benzene rings is 1. The Hall–Kier alpha value is -0.810. The van der Waals surface area contributed by atoms with Gasteiger partial charge in [-0.2, -0.15) is 0 Å². The first-order valence-corrected chi connectivity index (χ1v) is 10.5. The second kappa shape index (κ2) is 12.7. The van der Waals surface area contributed by atoms with E-state index in [1.54, 1.807) is 0 Å². The lowest BCUT2D eigenvalue weighted by atomic mass is 9.90. The molecule has 0 radical (unpaired) electrons. The van der Waals surface area contributed by atoms with Crippen LogP contribution >= 0.6 is 24.8 Å². The summed E-state index contributed by atoms with van der Waals surface area (Å²) < 4.78 is 0. The predicted octanol–water partition coefficient (Wildman–Crippen LogP) is 4.12. The molecule has 0 aliphatic carbocycles.